The van der Waals surface area contributed by atoms with Gasteiger partial charge in [0.25, 0.3) is 0 Å². The molecule has 0 aliphatic carbocycles. The quantitative estimate of drug-likeness (QED) is 0.906. The molecule has 0 unspecified atom stereocenters. The van der Waals surface area contributed by atoms with Gasteiger partial charge in [-0.1, -0.05) is 17.7 Å². The van der Waals surface area contributed by atoms with E-state index in [1.54, 1.807) is 24.3 Å². The van der Waals surface area contributed by atoms with Crippen molar-refractivity contribution in [3.8, 4) is 5.75 Å². The lowest BCUT2D eigenvalue weighted by Crippen LogP contribution is -2.22. The minimum absolute atomic E-state index is 0.194. The maximum absolute atomic E-state index is 13.2. The van der Waals surface area contributed by atoms with Crippen LogP contribution in [-0.4, -0.2) is 11.7 Å². The molecule has 0 aromatic heterocycles. The molecule has 0 aliphatic heterocycles. The molecule has 0 fully saturated rings. The molecule has 2 rings (SSSR count). The summed E-state index contributed by atoms with van der Waals surface area (Å²) in [5, 5.41) is 10.4. The Kier molecular flexibility index (Phi) is 4.27. The first kappa shape index (κ1) is 13.7. The van der Waals surface area contributed by atoms with E-state index in [9.17, 15) is 9.50 Å². The third-order valence-electron chi connectivity index (χ3n) is 2.96. The molecule has 0 spiro atoms. The number of halogens is 2. The van der Waals surface area contributed by atoms with Gasteiger partial charge in [0.05, 0.1) is 0 Å². The Hall–Kier alpha value is -1.74. The van der Waals surface area contributed by atoms with Crippen molar-refractivity contribution in [2.24, 2.45) is 0 Å². The number of benzene rings is 2. The number of phenols is 1. The van der Waals surface area contributed by atoms with Crippen LogP contribution in [0.25, 0.3) is 0 Å². The van der Waals surface area contributed by atoms with Gasteiger partial charge >= 0.3 is 0 Å². The lowest BCUT2D eigenvalue weighted by atomic mass is 10.1. The van der Waals surface area contributed by atoms with E-state index in [1.165, 1.54) is 12.1 Å². The van der Waals surface area contributed by atoms with Gasteiger partial charge in [-0.3, -0.25) is 0 Å². The Morgan fingerprint density at radius 2 is 2.00 bits per heavy atom. The number of phenolic OH excluding ortho intramolecular Hbond substituents is 1. The molecule has 0 bridgehead atoms. The fraction of sp³-hybridized carbons (Fsp3) is 0.200. The minimum atomic E-state index is -0.272. The molecule has 0 aliphatic rings. The molecule has 0 atom stereocenters. The van der Waals surface area contributed by atoms with Gasteiger partial charge in [0, 0.05) is 29.4 Å². The van der Waals surface area contributed by atoms with Crippen LogP contribution in [0.15, 0.2) is 42.5 Å². The molecule has 100 valence electrons. The van der Waals surface area contributed by atoms with Crippen molar-refractivity contribution in [2.45, 2.75) is 13.5 Å². The van der Waals surface area contributed by atoms with E-state index in [-0.39, 0.29) is 11.6 Å². The van der Waals surface area contributed by atoms with E-state index < -0.39 is 0 Å². The van der Waals surface area contributed by atoms with Crippen molar-refractivity contribution in [2.75, 3.05) is 11.4 Å². The first-order chi connectivity index (χ1) is 9.10. The van der Waals surface area contributed by atoms with Crippen molar-refractivity contribution < 1.29 is 9.50 Å². The summed E-state index contributed by atoms with van der Waals surface area (Å²) in [6, 6.07) is 11.3. The maximum atomic E-state index is 13.2. The van der Waals surface area contributed by atoms with Gasteiger partial charge in [0.15, 0.2) is 0 Å². The second kappa shape index (κ2) is 5.93. The van der Waals surface area contributed by atoms with Crippen molar-refractivity contribution in [3.05, 3.63) is 58.9 Å². The Morgan fingerprint density at radius 3 is 2.68 bits per heavy atom. The molecule has 0 heterocycles. The second-order valence-electron chi connectivity index (χ2n) is 4.27. The number of anilines is 1. The lowest BCUT2D eigenvalue weighted by Gasteiger charge is -2.23. The zero-order valence-electron chi connectivity index (χ0n) is 10.6. The number of rotatable bonds is 4. The summed E-state index contributed by atoms with van der Waals surface area (Å²) in [5.41, 5.74) is 1.50. The van der Waals surface area contributed by atoms with Crippen molar-refractivity contribution in [3.63, 3.8) is 0 Å². The Labute approximate surface area is 117 Å². The summed E-state index contributed by atoms with van der Waals surface area (Å²) in [4.78, 5) is 1.97. The van der Waals surface area contributed by atoms with Crippen molar-refractivity contribution >= 4 is 17.3 Å². The van der Waals surface area contributed by atoms with Crippen LogP contribution in [-0.2, 0) is 6.54 Å². The monoisotopic (exact) mass is 279 g/mol. The fourth-order valence-electron chi connectivity index (χ4n) is 1.94. The van der Waals surface area contributed by atoms with Crippen LogP contribution >= 0.6 is 11.6 Å². The number of nitrogens with zero attached hydrogens (tertiary/aromatic N) is 1. The van der Waals surface area contributed by atoms with Gasteiger partial charge in [0.2, 0.25) is 0 Å². The van der Waals surface area contributed by atoms with Crippen LogP contribution in [0.1, 0.15) is 12.5 Å². The highest BCUT2D eigenvalue weighted by atomic mass is 35.5. The van der Waals surface area contributed by atoms with Crippen LogP contribution in [0.2, 0.25) is 5.02 Å². The SMILES string of the molecule is CCN(Cc1cc(Cl)ccc1O)c1cccc(F)c1. The summed E-state index contributed by atoms with van der Waals surface area (Å²) in [6.45, 7) is 3.16. The fourth-order valence-corrected chi connectivity index (χ4v) is 2.14. The summed E-state index contributed by atoms with van der Waals surface area (Å²) < 4.78 is 13.2. The Balaban J connectivity index is 2.26. The number of hydrogen-bond acceptors (Lipinski definition) is 2. The van der Waals surface area contributed by atoms with Gasteiger partial charge in [-0.2, -0.15) is 0 Å². The molecule has 19 heavy (non-hydrogen) atoms. The van der Waals surface area contributed by atoms with Gasteiger partial charge in [0.1, 0.15) is 11.6 Å². The van der Waals surface area contributed by atoms with Gasteiger partial charge in [-0.25, -0.2) is 4.39 Å². The smallest absolute Gasteiger partial charge is 0.125 e. The summed E-state index contributed by atoms with van der Waals surface area (Å²) in [7, 11) is 0. The van der Waals surface area contributed by atoms with Gasteiger partial charge < -0.3 is 10.0 Å². The summed E-state index contributed by atoms with van der Waals surface area (Å²) >= 11 is 5.93. The molecule has 1 N–H and O–H groups in total. The molecular formula is C15H15ClFNO. The van der Waals surface area contributed by atoms with E-state index in [1.807, 2.05) is 17.9 Å². The lowest BCUT2D eigenvalue weighted by molar-refractivity contribution is 0.467. The zero-order chi connectivity index (χ0) is 13.8. The number of hydrogen-bond donors (Lipinski definition) is 1. The zero-order valence-corrected chi connectivity index (χ0v) is 11.4. The third-order valence-corrected chi connectivity index (χ3v) is 3.19. The molecular weight excluding hydrogens is 265 g/mol. The highest BCUT2D eigenvalue weighted by Gasteiger charge is 2.09. The highest BCUT2D eigenvalue weighted by Crippen LogP contribution is 2.25. The largest absolute Gasteiger partial charge is 0.508 e. The molecule has 2 aromatic carbocycles. The molecule has 2 nitrogen and oxygen atoms in total. The van der Waals surface area contributed by atoms with Crippen molar-refractivity contribution in [1.82, 2.24) is 0 Å². The topological polar surface area (TPSA) is 23.5 Å². The van der Waals surface area contributed by atoms with Crippen LogP contribution in [0.5, 0.6) is 5.75 Å². The molecule has 0 amide bonds. The first-order valence-electron chi connectivity index (χ1n) is 6.08. The van der Waals surface area contributed by atoms with Crippen LogP contribution < -0.4 is 4.90 Å². The Morgan fingerprint density at radius 1 is 1.21 bits per heavy atom. The van der Waals surface area contributed by atoms with Crippen LogP contribution in [0, 0.1) is 5.82 Å². The molecule has 2 aromatic rings. The van der Waals surface area contributed by atoms with E-state index in [0.717, 1.165) is 11.3 Å². The minimum Gasteiger partial charge on any atom is -0.508 e. The predicted octanol–water partition coefficient (Wildman–Crippen LogP) is 4.21. The Bertz CT molecular complexity index is 574. The maximum Gasteiger partial charge on any atom is 0.125 e. The van der Waals surface area contributed by atoms with E-state index in [4.69, 9.17) is 11.6 Å². The van der Waals surface area contributed by atoms with E-state index in [0.29, 0.717) is 18.1 Å². The normalized spacial score (nSPS) is 10.5. The van der Waals surface area contributed by atoms with E-state index in [2.05, 4.69) is 0 Å². The van der Waals surface area contributed by atoms with E-state index >= 15 is 0 Å². The molecule has 0 saturated heterocycles. The third kappa shape index (κ3) is 3.38. The van der Waals surface area contributed by atoms with Gasteiger partial charge in [-0.05, 0) is 43.3 Å². The van der Waals surface area contributed by atoms with Gasteiger partial charge in [-0.15, -0.1) is 0 Å². The van der Waals surface area contributed by atoms with Crippen LogP contribution in [0.3, 0.4) is 0 Å². The highest BCUT2D eigenvalue weighted by molar-refractivity contribution is 6.30. The second-order valence-corrected chi connectivity index (χ2v) is 4.70. The summed E-state index contributed by atoms with van der Waals surface area (Å²) in [6.07, 6.45) is 0. The average molecular weight is 280 g/mol. The first-order valence-corrected chi connectivity index (χ1v) is 6.46. The summed E-state index contributed by atoms with van der Waals surface area (Å²) in [5.74, 6) is -0.0782. The van der Waals surface area contributed by atoms with Crippen LogP contribution in [0.4, 0.5) is 10.1 Å². The molecule has 0 saturated carbocycles. The average Bonchev–Trinajstić information content (AvgIpc) is 2.39. The number of aromatic hydroxyl groups is 1. The standard InChI is InChI=1S/C15H15ClFNO/c1-2-18(14-5-3-4-13(17)9-14)10-11-8-12(16)6-7-15(11)19/h3-9,19H,2,10H2,1H3. The predicted molar refractivity (Wildman–Crippen MR) is 76.2 cm³/mol. The molecule has 4 heteroatoms. The molecule has 0 radical (unpaired) electrons. The van der Waals surface area contributed by atoms with Crippen molar-refractivity contribution in [1.29, 1.82) is 0 Å².